The Morgan fingerprint density at radius 1 is 1.33 bits per heavy atom. The fraction of sp³-hybridized carbons (Fsp3) is 0.471. The highest BCUT2D eigenvalue weighted by Crippen LogP contribution is 2.08. The van der Waals surface area contributed by atoms with E-state index in [2.05, 4.69) is 15.5 Å². The highest BCUT2D eigenvalue weighted by molar-refractivity contribution is 7.71. The van der Waals surface area contributed by atoms with Crippen molar-refractivity contribution in [3.63, 3.8) is 0 Å². The summed E-state index contributed by atoms with van der Waals surface area (Å²) in [6.45, 7) is 6.76. The lowest BCUT2D eigenvalue weighted by Gasteiger charge is -2.14. The molecular formula is C17H24N4O2S. The maximum atomic E-state index is 12.1. The number of benzene rings is 1. The molecule has 1 atom stereocenters. The number of carbonyl (C=O) groups is 1. The first kappa shape index (κ1) is 18.4. The van der Waals surface area contributed by atoms with Crippen molar-refractivity contribution in [2.24, 2.45) is 0 Å². The molecule has 1 aromatic carbocycles. The van der Waals surface area contributed by atoms with Crippen LogP contribution in [0.4, 0.5) is 0 Å². The van der Waals surface area contributed by atoms with Crippen LogP contribution in [0, 0.1) is 4.77 Å². The minimum Gasteiger partial charge on any atom is -0.364 e. The van der Waals surface area contributed by atoms with Gasteiger partial charge in [-0.15, -0.1) is 0 Å². The number of rotatable bonds is 8. The van der Waals surface area contributed by atoms with Gasteiger partial charge in [-0.1, -0.05) is 30.3 Å². The van der Waals surface area contributed by atoms with E-state index in [-0.39, 0.29) is 11.9 Å². The van der Waals surface area contributed by atoms with E-state index in [0.29, 0.717) is 24.3 Å². The van der Waals surface area contributed by atoms with E-state index >= 15 is 0 Å². The zero-order valence-electron chi connectivity index (χ0n) is 14.3. The van der Waals surface area contributed by atoms with Crippen molar-refractivity contribution < 1.29 is 9.53 Å². The number of ether oxygens (including phenoxy) is 1. The third-order valence-corrected chi connectivity index (χ3v) is 3.94. The minimum atomic E-state index is -0.504. The van der Waals surface area contributed by atoms with Crippen LogP contribution >= 0.6 is 12.2 Å². The van der Waals surface area contributed by atoms with Crippen molar-refractivity contribution in [2.75, 3.05) is 6.54 Å². The maximum absolute atomic E-state index is 12.1. The monoisotopic (exact) mass is 348 g/mol. The van der Waals surface area contributed by atoms with Gasteiger partial charge in [-0.3, -0.25) is 9.89 Å². The van der Waals surface area contributed by atoms with E-state index in [1.165, 1.54) is 0 Å². The minimum absolute atomic E-state index is 0.129. The molecule has 0 bridgehead atoms. The Morgan fingerprint density at radius 3 is 2.71 bits per heavy atom. The number of hydrogen-bond acceptors (Lipinski definition) is 4. The third kappa shape index (κ3) is 5.01. The second-order valence-electron chi connectivity index (χ2n) is 5.89. The maximum Gasteiger partial charge on any atom is 0.248 e. The predicted molar refractivity (Wildman–Crippen MR) is 95.2 cm³/mol. The SMILES string of the molecule is CC(OCc1ccccc1)C(=O)NCCc1n[nH]c(=S)n1C(C)C. The number of hydrogen-bond donors (Lipinski definition) is 2. The molecule has 2 rings (SSSR count). The third-order valence-electron chi connectivity index (χ3n) is 3.65. The number of aromatic amines is 1. The number of nitrogens with one attached hydrogen (secondary N) is 2. The van der Waals surface area contributed by atoms with Crippen LogP contribution in [0.5, 0.6) is 0 Å². The van der Waals surface area contributed by atoms with Gasteiger partial charge in [0.15, 0.2) is 4.77 Å². The predicted octanol–water partition coefficient (Wildman–Crippen LogP) is 2.79. The van der Waals surface area contributed by atoms with Crippen LogP contribution in [0.25, 0.3) is 0 Å². The van der Waals surface area contributed by atoms with Gasteiger partial charge < -0.3 is 14.6 Å². The Bertz CT molecular complexity index is 709. The Hall–Kier alpha value is -1.99. The zero-order chi connectivity index (χ0) is 17.5. The van der Waals surface area contributed by atoms with Gasteiger partial charge in [0, 0.05) is 19.0 Å². The molecule has 6 nitrogen and oxygen atoms in total. The molecule has 7 heteroatoms. The van der Waals surface area contributed by atoms with Crippen molar-refractivity contribution in [2.45, 2.75) is 45.9 Å². The van der Waals surface area contributed by atoms with Gasteiger partial charge in [-0.05, 0) is 38.6 Å². The van der Waals surface area contributed by atoms with E-state index in [4.69, 9.17) is 17.0 Å². The van der Waals surface area contributed by atoms with Crippen molar-refractivity contribution >= 4 is 18.1 Å². The fourth-order valence-electron chi connectivity index (χ4n) is 2.36. The number of nitrogens with zero attached hydrogens (tertiary/aromatic N) is 2. The summed E-state index contributed by atoms with van der Waals surface area (Å²) in [5.41, 5.74) is 1.05. The molecule has 0 radical (unpaired) electrons. The summed E-state index contributed by atoms with van der Waals surface area (Å²) in [4.78, 5) is 12.1. The van der Waals surface area contributed by atoms with Gasteiger partial charge in [0.05, 0.1) is 6.61 Å². The summed E-state index contributed by atoms with van der Waals surface area (Å²) in [7, 11) is 0. The molecule has 1 amide bonds. The van der Waals surface area contributed by atoms with Gasteiger partial charge in [-0.2, -0.15) is 5.10 Å². The number of amides is 1. The Labute approximate surface area is 147 Å². The van der Waals surface area contributed by atoms with Gasteiger partial charge in [0.2, 0.25) is 5.91 Å². The average molecular weight is 348 g/mol. The van der Waals surface area contributed by atoms with E-state index in [0.717, 1.165) is 11.4 Å². The van der Waals surface area contributed by atoms with Crippen LogP contribution in [0.15, 0.2) is 30.3 Å². The largest absolute Gasteiger partial charge is 0.364 e. The van der Waals surface area contributed by atoms with E-state index < -0.39 is 6.10 Å². The molecule has 24 heavy (non-hydrogen) atoms. The molecule has 1 heterocycles. The standard InChI is InChI=1S/C17H24N4O2S/c1-12(2)21-15(19-20-17(21)24)9-10-18-16(22)13(3)23-11-14-7-5-4-6-8-14/h4-8,12-13H,9-11H2,1-3H3,(H,18,22)(H,20,24). The van der Waals surface area contributed by atoms with Crippen molar-refractivity contribution in [3.8, 4) is 0 Å². The lowest BCUT2D eigenvalue weighted by molar-refractivity contribution is -0.132. The number of aromatic nitrogens is 3. The molecule has 0 fully saturated rings. The molecule has 0 aliphatic carbocycles. The average Bonchev–Trinajstić information content (AvgIpc) is 2.94. The lowest BCUT2D eigenvalue weighted by Crippen LogP contribution is -2.36. The molecule has 0 saturated carbocycles. The summed E-state index contributed by atoms with van der Waals surface area (Å²) in [6.07, 6.45) is 0.110. The second-order valence-corrected chi connectivity index (χ2v) is 6.28. The molecule has 1 unspecified atom stereocenters. The fourth-order valence-corrected chi connectivity index (χ4v) is 2.72. The highest BCUT2D eigenvalue weighted by Gasteiger charge is 2.14. The van der Waals surface area contributed by atoms with Crippen LogP contribution < -0.4 is 5.32 Å². The molecular weight excluding hydrogens is 324 g/mol. The Kier molecular flexibility index (Phi) is 6.69. The molecule has 1 aromatic heterocycles. The van der Waals surface area contributed by atoms with Crippen LogP contribution in [0.2, 0.25) is 0 Å². The van der Waals surface area contributed by atoms with Gasteiger partial charge in [0.1, 0.15) is 11.9 Å². The van der Waals surface area contributed by atoms with E-state index in [1.807, 2.05) is 48.7 Å². The summed E-state index contributed by atoms with van der Waals surface area (Å²) in [5, 5.41) is 9.89. The highest BCUT2D eigenvalue weighted by atomic mass is 32.1. The first-order valence-electron chi connectivity index (χ1n) is 8.08. The van der Waals surface area contributed by atoms with Crippen molar-refractivity contribution in [1.29, 1.82) is 0 Å². The zero-order valence-corrected chi connectivity index (χ0v) is 15.1. The normalized spacial score (nSPS) is 12.3. The topological polar surface area (TPSA) is 71.9 Å². The van der Waals surface area contributed by atoms with Crippen LogP contribution in [-0.4, -0.2) is 33.3 Å². The first-order chi connectivity index (χ1) is 11.5. The molecule has 0 saturated heterocycles. The number of H-pyrrole nitrogens is 1. The van der Waals surface area contributed by atoms with Crippen LogP contribution in [0.3, 0.4) is 0 Å². The molecule has 2 aromatic rings. The van der Waals surface area contributed by atoms with Gasteiger partial charge in [-0.25, -0.2) is 0 Å². The molecule has 2 N–H and O–H groups in total. The van der Waals surface area contributed by atoms with Gasteiger partial charge in [0.25, 0.3) is 0 Å². The van der Waals surface area contributed by atoms with Crippen molar-refractivity contribution in [1.82, 2.24) is 20.1 Å². The first-order valence-corrected chi connectivity index (χ1v) is 8.49. The molecule has 0 aliphatic rings. The molecule has 130 valence electrons. The quantitative estimate of drug-likeness (QED) is 0.720. The summed E-state index contributed by atoms with van der Waals surface area (Å²) >= 11 is 5.21. The van der Waals surface area contributed by atoms with Crippen LogP contribution in [-0.2, 0) is 22.6 Å². The van der Waals surface area contributed by atoms with Gasteiger partial charge >= 0.3 is 0 Å². The molecule has 0 spiro atoms. The summed E-state index contributed by atoms with van der Waals surface area (Å²) in [5.74, 6) is 0.712. The Morgan fingerprint density at radius 2 is 2.04 bits per heavy atom. The lowest BCUT2D eigenvalue weighted by atomic mass is 10.2. The summed E-state index contributed by atoms with van der Waals surface area (Å²) in [6, 6.07) is 10.0. The van der Waals surface area contributed by atoms with Crippen LogP contribution in [0.1, 0.15) is 38.2 Å². The summed E-state index contributed by atoms with van der Waals surface area (Å²) < 4.78 is 8.16. The smallest absolute Gasteiger partial charge is 0.248 e. The Balaban J connectivity index is 1.77. The van der Waals surface area contributed by atoms with E-state index in [1.54, 1.807) is 6.92 Å². The number of carbonyl (C=O) groups excluding carboxylic acids is 1. The molecule has 0 aliphatic heterocycles. The second kappa shape index (κ2) is 8.75. The van der Waals surface area contributed by atoms with Crippen molar-refractivity contribution in [3.05, 3.63) is 46.5 Å². The van der Waals surface area contributed by atoms with E-state index in [9.17, 15) is 4.79 Å².